The molecule has 0 spiro atoms. The summed E-state index contributed by atoms with van der Waals surface area (Å²) < 4.78 is 44.3. The Morgan fingerprint density at radius 1 is 0.909 bits per heavy atom. The van der Waals surface area contributed by atoms with E-state index in [0.29, 0.717) is 48.3 Å². The highest BCUT2D eigenvalue weighted by Crippen LogP contribution is 2.32. The molecule has 1 amide bonds. The largest absolute Gasteiger partial charge is 0.490 e. The lowest BCUT2D eigenvalue weighted by Crippen LogP contribution is -2.14. The zero-order chi connectivity index (χ0) is 23.3. The topological polar surface area (TPSA) is 103 Å². The molecule has 9 heteroatoms. The Hall–Kier alpha value is -3.56. The molecule has 33 heavy (non-hydrogen) atoms. The van der Waals surface area contributed by atoms with E-state index in [0.717, 1.165) is 12.0 Å². The average Bonchev–Trinajstić information content (AvgIpc) is 3.06. The number of rotatable bonds is 7. The molecule has 0 unspecified atom stereocenters. The van der Waals surface area contributed by atoms with Crippen molar-refractivity contribution in [3.63, 3.8) is 0 Å². The second-order valence-electron chi connectivity index (χ2n) is 7.43. The molecule has 0 aliphatic carbocycles. The third-order valence-corrected chi connectivity index (χ3v) is 6.33. The molecule has 0 atom stereocenters. The molecule has 4 rings (SSSR count). The average molecular weight is 469 g/mol. The number of carbonyl (C=O) groups excluding carboxylic acids is 1. The van der Waals surface area contributed by atoms with Crippen molar-refractivity contribution in [3.05, 3.63) is 77.9 Å². The van der Waals surface area contributed by atoms with Crippen LogP contribution in [0.3, 0.4) is 0 Å². The van der Waals surface area contributed by atoms with Crippen molar-refractivity contribution in [2.45, 2.75) is 17.9 Å². The maximum Gasteiger partial charge on any atom is 0.262 e. The summed E-state index contributed by atoms with van der Waals surface area (Å²) in [5.74, 6) is 0.670. The van der Waals surface area contributed by atoms with E-state index >= 15 is 0 Å². The van der Waals surface area contributed by atoms with E-state index in [1.165, 1.54) is 12.1 Å². The quantitative estimate of drug-likeness (QED) is 0.542. The summed E-state index contributed by atoms with van der Waals surface area (Å²) in [6.07, 6.45) is 0.733. The van der Waals surface area contributed by atoms with E-state index in [1.807, 2.05) is 12.1 Å². The van der Waals surface area contributed by atoms with E-state index in [4.69, 9.17) is 14.2 Å². The second-order valence-corrected chi connectivity index (χ2v) is 9.11. The third-order valence-electron chi connectivity index (χ3n) is 4.95. The number of methoxy groups -OCH3 is 1. The highest BCUT2D eigenvalue weighted by Gasteiger charge is 2.19. The summed E-state index contributed by atoms with van der Waals surface area (Å²) in [6, 6.07) is 18.0. The molecule has 0 saturated carbocycles. The minimum absolute atomic E-state index is 0.0704. The lowest BCUT2D eigenvalue weighted by Gasteiger charge is -2.12. The van der Waals surface area contributed by atoms with Gasteiger partial charge >= 0.3 is 0 Å². The summed E-state index contributed by atoms with van der Waals surface area (Å²) in [5.41, 5.74) is 2.39. The van der Waals surface area contributed by atoms with Crippen molar-refractivity contribution >= 4 is 27.3 Å². The van der Waals surface area contributed by atoms with Gasteiger partial charge < -0.3 is 19.5 Å². The van der Waals surface area contributed by atoms with Crippen LogP contribution >= 0.6 is 0 Å². The van der Waals surface area contributed by atoms with Crippen LogP contribution in [0.2, 0.25) is 0 Å². The van der Waals surface area contributed by atoms with Gasteiger partial charge in [0.05, 0.1) is 24.7 Å². The zero-order valence-electron chi connectivity index (χ0n) is 18.0. The Morgan fingerprint density at radius 2 is 1.58 bits per heavy atom. The monoisotopic (exact) mass is 468 g/mol. The van der Waals surface area contributed by atoms with E-state index in [-0.39, 0.29) is 10.8 Å². The number of carbonyl (C=O) groups is 1. The normalized spacial score (nSPS) is 13.1. The van der Waals surface area contributed by atoms with Gasteiger partial charge in [-0.15, -0.1) is 0 Å². The lowest BCUT2D eigenvalue weighted by molar-refractivity contribution is 0.102. The van der Waals surface area contributed by atoms with Crippen molar-refractivity contribution in [1.82, 2.24) is 0 Å². The van der Waals surface area contributed by atoms with Crippen LogP contribution in [0.25, 0.3) is 0 Å². The molecule has 1 aliphatic heterocycles. The van der Waals surface area contributed by atoms with Crippen molar-refractivity contribution in [1.29, 1.82) is 0 Å². The number of anilines is 2. The molecule has 1 aliphatic rings. The van der Waals surface area contributed by atoms with Crippen LogP contribution in [0.1, 0.15) is 22.3 Å². The van der Waals surface area contributed by atoms with Crippen LogP contribution in [0.15, 0.2) is 71.6 Å². The number of nitrogens with one attached hydrogen (secondary N) is 2. The van der Waals surface area contributed by atoms with Gasteiger partial charge in [0.15, 0.2) is 11.5 Å². The molecular weight excluding hydrogens is 444 g/mol. The van der Waals surface area contributed by atoms with Gasteiger partial charge in [0.25, 0.3) is 15.9 Å². The zero-order valence-corrected chi connectivity index (χ0v) is 18.9. The van der Waals surface area contributed by atoms with Crippen molar-refractivity contribution in [2.75, 3.05) is 30.4 Å². The van der Waals surface area contributed by atoms with Crippen LogP contribution in [0.4, 0.5) is 11.4 Å². The number of amides is 1. The first-order valence-corrected chi connectivity index (χ1v) is 11.8. The highest BCUT2D eigenvalue weighted by molar-refractivity contribution is 7.92. The van der Waals surface area contributed by atoms with Crippen molar-refractivity contribution in [2.24, 2.45) is 0 Å². The number of hydrogen-bond acceptors (Lipinski definition) is 6. The minimum Gasteiger partial charge on any atom is -0.490 e. The Morgan fingerprint density at radius 3 is 2.27 bits per heavy atom. The first-order chi connectivity index (χ1) is 15.9. The molecule has 2 N–H and O–H groups in total. The van der Waals surface area contributed by atoms with Crippen LogP contribution < -0.4 is 19.5 Å². The van der Waals surface area contributed by atoms with Crippen LogP contribution in [0, 0.1) is 0 Å². The first-order valence-electron chi connectivity index (χ1n) is 10.4. The van der Waals surface area contributed by atoms with Crippen molar-refractivity contribution < 1.29 is 27.4 Å². The predicted octanol–water partition coefficient (Wildman–Crippen LogP) is 4.05. The molecule has 0 fully saturated rings. The molecule has 0 bridgehead atoms. The lowest BCUT2D eigenvalue weighted by atomic mass is 10.1. The summed E-state index contributed by atoms with van der Waals surface area (Å²) in [7, 11) is -2.22. The number of benzene rings is 3. The number of fused-ring (bicyclic) bond motifs is 1. The molecule has 0 radical (unpaired) electrons. The second kappa shape index (κ2) is 9.93. The van der Waals surface area contributed by atoms with Crippen molar-refractivity contribution in [3.8, 4) is 11.5 Å². The highest BCUT2D eigenvalue weighted by atomic mass is 32.2. The molecule has 172 valence electrons. The summed E-state index contributed by atoms with van der Waals surface area (Å²) in [5, 5.41) is 2.79. The van der Waals surface area contributed by atoms with Crippen LogP contribution in [-0.4, -0.2) is 34.6 Å². The molecule has 1 heterocycles. The summed E-state index contributed by atoms with van der Waals surface area (Å²) >= 11 is 0. The van der Waals surface area contributed by atoms with E-state index < -0.39 is 10.0 Å². The van der Waals surface area contributed by atoms with E-state index in [9.17, 15) is 13.2 Å². The Kier molecular flexibility index (Phi) is 6.81. The van der Waals surface area contributed by atoms with Gasteiger partial charge in [-0.05, 0) is 54.1 Å². The molecule has 8 nitrogen and oxygen atoms in total. The molecular formula is C24H24N2O6S. The van der Waals surface area contributed by atoms with Gasteiger partial charge in [0, 0.05) is 36.5 Å². The predicted molar refractivity (Wildman–Crippen MR) is 124 cm³/mol. The van der Waals surface area contributed by atoms with Gasteiger partial charge in [-0.3, -0.25) is 9.52 Å². The van der Waals surface area contributed by atoms with E-state index in [2.05, 4.69) is 10.0 Å². The fourth-order valence-corrected chi connectivity index (χ4v) is 4.34. The number of sulfonamides is 1. The van der Waals surface area contributed by atoms with E-state index in [1.54, 1.807) is 49.6 Å². The van der Waals surface area contributed by atoms with Gasteiger partial charge in [0.1, 0.15) is 0 Å². The minimum atomic E-state index is -3.83. The maximum atomic E-state index is 12.8. The van der Waals surface area contributed by atoms with Crippen LogP contribution in [0.5, 0.6) is 11.5 Å². The Balaban J connectivity index is 1.41. The van der Waals surface area contributed by atoms with Gasteiger partial charge in [-0.2, -0.15) is 0 Å². The van der Waals surface area contributed by atoms with Gasteiger partial charge in [0.2, 0.25) is 0 Å². The summed E-state index contributed by atoms with van der Waals surface area (Å²) in [6.45, 7) is 1.47. The smallest absolute Gasteiger partial charge is 0.262 e. The maximum absolute atomic E-state index is 12.8. The molecule has 3 aromatic rings. The number of ether oxygens (including phenoxy) is 3. The molecule has 0 saturated heterocycles. The third kappa shape index (κ3) is 5.63. The van der Waals surface area contributed by atoms with Crippen LogP contribution in [-0.2, 0) is 21.4 Å². The molecule has 3 aromatic carbocycles. The fraction of sp³-hybridized carbons (Fsp3) is 0.208. The fourth-order valence-electron chi connectivity index (χ4n) is 3.27. The summed E-state index contributed by atoms with van der Waals surface area (Å²) in [4.78, 5) is 12.5. The van der Waals surface area contributed by atoms with Gasteiger partial charge in [-0.1, -0.05) is 12.1 Å². The SMILES string of the molecule is COCc1ccc(C(=O)Nc2ccc(NS(=O)(=O)c3ccc4c(c3)OCCCO4)cc2)cc1. The Bertz CT molecular complexity index is 1220. The Labute approximate surface area is 192 Å². The first kappa shape index (κ1) is 22.6. The standard InChI is InChI=1S/C24H24N2O6S/c1-30-16-17-3-5-18(6-4-17)24(27)25-19-7-9-20(10-8-19)26-33(28,29)21-11-12-22-23(15-21)32-14-2-13-31-22/h3-12,15,26H,2,13-14,16H2,1H3,(H,25,27). The molecule has 0 aromatic heterocycles. The number of hydrogen-bond donors (Lipinski definition) is 2. The van der Waals surface area contributed by atoms with Gasteiger partial charge in [-0.25, -0.2) is 8.42 Å².